The zero-order valence-corrected chi connectivity index (χ0v) is 13.8. The predicted molar refractivity (Wildman–Crippen MR) is 86.8 cm³/mol. The van der Waals surface area contributed by atoms with Crippen LogP contribution in [-0.2, 0) is 13.1 Å². The minimum absolute atomic E-state index is 0. The molecule has 21 heavy (non-hydrogen) atoms. The van der Waals surface area contributed by atoms with Gasteiger partial charge in [0.25, 0.3) is 0 Å². The Kier molecular flexibility index (Phi) is 7.19. The van der Waals surface area contributed by atoms with Crippen molar-refractivity contribution in [2.24, 2.45) is 0 Å². The molecule has 0 aromatic heterocycles. The minimum Gasteiger partial charge on any atom is -0.493 e. The molecule has 0 saturated carbocycles. The van der Waals surface area contributed by atoms with E-state index in [4.69, 9.17) is 9.47 Å². The van der Waals surface area contributed by atoms with Gasteiger partial charge in [0, 0.05) is 18.7 Å². The van der Waals surface area contributed by atoms with Gasteiger partial charge in [0.15, 0.2) is 11.5 Å². The molecule has 2 aromatic carbocycles. The number of methoxy groups -OCH3 is 2. The Morgan fingerprint density at radius 1 is 0.952 bits per heavy atom. The van der Waals surface area contributed by atoms with E-state index in [9.17, 15) is 4.39 Å². The van der Waals surface area contributed by atoms with Crippen molar-refractivity contribution in [3.63, 3.8) is 0 Å². The van der Waals surface area contributed by atoms with Crippen molar-refractivity contribution in [1.82, 2.24) is 5.32 Å². The summed E-state index contributed by atoms with van der Waals surface area (Å²) in [5.41, 5.74) is 1.71. The van der Waals surface area contributed by atoms with Gasteiger partial charge in [-0.25, -0.2) is 4.39 Å². The van der Waals surface area contributed by atoms with E-state index in [-0.39, 0.29) is 22.8 Å². The van der Waals surface area contributed by atoms with Crippen LogP contribution in [0.25, 0.3) is 0 Å². The summed E-state index contributed by atoms with van der Waals surface area (Å²) in [6.07, 6.45) is 0. The Hall–Kier alpha value is -1.59. The maximum absolute atomic E-state index is 13.5. The van der Waals surface area contributed by atoms with Gasteiger partial charge in [0.05, 0.1) is 14.2 Å². The summed E-state index contributed by atoms with van der Waals surface area (Å²) in [6.45, 7) is 1.12. The number of ether oxygens (including phenoxy) is 2. The second kappa shape index (κ2) is 8.64. The normalized spacial score (nSPS) is 9.86. The average molecular weight is 356 g/mol. The van der Waals surface area contributed by atoms with Gasteiger partial charge in [-0.05, 0) is 23.8 Å². The van der Waals surface area contributed by atoms with Crippen LogP contribution in [0.1, 0.15) is 11.1 Å². The maximum atomic E-state index is 13.5. The Morgan fingerprint density at radius 3 is 2.33 bits per heavy atom. The molecule has 3 nitrogen and oxygen atoms in total. The second-order valence-electron chi connectivity index (χ2n) is 4.38. The molecule has 0 aliphatic rings. The first-order valence-corrected chi connectivity index (χ1v) is 6.39. The molecule has 0 atom stereocenters. The first-order chi connectivity index (χ1) is 9.74. The standard InChI is InChI=1S/C16H18FNO2.BrH/c1-19-15-8-7-12(9-16(15)20-2)10-18-11-13-5-3-4-6-14(13)17;/h3-9,18H,10-11H2,1-2H3;1H. The monoisotopic (exact) mass is 355 g/mol. The Bertz CT molecular complexity index is 578. The highest BCUT2D eigenvalue weighted by Crippen LogP contribution is 2.27. The number of benzene rings is 2. The van der Waals surface area contributed by atoms with Gasteiger partial charge < -0.3 is 14.8 Å². The smallest absolute Gasteiger partial charge is 0.161 e. The van der Waals surface area contributed by atoms with Crippen LogP contribution in [0.15, 0.2) is 42.5 Å². The molecule has 0 radical (unpaired) electrons. The number of halogens is 2. The van der Waals surface area contributed by atoms with Gasteiger partial charge in [-0.3, -0.25) is 0 Å². The Balaban J connectivity index is 0.00000220. The SMILES string of the molecule is Br.COc1ccc(CNCc2ccccc2F)cc1OC. The molecule has 2 rings (SSSR count). The van der Waals surface area contributed by atoms with Gasteiger partial charge in [0.2, 0.25) is 0 Å². The van der Waals surface area contributed by atoms with E-state index in [0.29, 0.717) is 30.2 Å². The van der Waals surface area contributed by atoms with Crippen molar-refractivity contribution in [2.45, 2.75) is 13.1 Å². The Labute approximate surface area is 134 Å². The van der Waals surface area contributed by atoms with Crippen molar-refractivity contribution in [2.75, 3.05) is 14.2 Å². The highest BCUT2D eigenvalue weighted by atomic mass is 79.9. The fourth-order valence-corrected chi connectivity index (χ4v) is 1.97. The lowest BCUT2D eigenvalue weighted by molar-refractivity contribution is 0.354. The topological polar surface area (TPSA) is 30.5 Å². The van der Waals surface area contributed by atoms with E-state index >= 15 is 0 Å². The first-order valence-electron chi connectivity index (χ1n) is 6.39. The molecule has 0 saturated heterocycles. The molecular weight excluding hydrogens is 337 g/mol. The van der Waals surface area contributed by atoms with E-state index in [1.807, 2.05) is 24.3 Å². The number of rotatable bonds is 6. The zero-order chi connectivity index (χ0) is 14.4. The summed E-state index contributed by atoms with van der Waals surface area (Å²) in [4.78, 5) is 0. The lowest BCUT2D eigenvalue weighted by atomic mass is 10.2. The molecule has 0 unspecified atom stereocenters. The average Bonchev–Trinajstić information content (AvgIpc) is 2.49. The largest absolute Gasteiger partial charge is 0.493 e. The van der Waals surface area contributed by atoms with Crippen molar-refractivity contribution < 1.29 is 13.9 Å². The van der Waals surface area contributed by atoms with Crippen LogP contribution in [-0.4, -0.2) is 14.2 Å². The summed E-state index contributed by atoms with van der Waals surface area (Å²) in [7, 11) is 3.21. The summed E-state index contributed by atoms with van der Waals surface area (Å²) >= 11 is 0. The molecule has 5 heteroatoms. The molecule has 2 aromatic rings. The first kappa shape index (κ1) is 17.5. The molecule has 0 spiro atoms. The summed E-state index contributed by atoms with van der Waals surface area (Å²) in [5.74, 6) is 1.20. The van der Waals surface area contributed by atoms with Crippen LogP contribution in [0.4, 0.5) is 4.39 Å². The fraction of sp³-hybridized carbons (Fsp3) is 0.250. The Morgan fingerprint density at radius 2 is 1.67 bits per heavy atom. The maximum Gasteiger partial charge on any atom is 0.161 e. The van der Waals surface area contributed by atoms with Crippen LogP contribution in [0.3, 0.4) is 0 Å². The van der Waals surface area contributed by atoms with E-state index in [1.54, 1.807) is 26.4 Å². The van der Waals surface area contributed by atoms with Gasteiger partial charge in [-0.15, -0.1) is 17.0 Å². The van der Waals surface area contributed by atoms with Crippen molar-refractivity contribution in [3.8, 4) is 11.5 Å². The molecule has 1 N–H and O–H groups in total. The third kappa shape index (κ3) is 4.72. The molecule has 0 aliphatic carbocycles. The van der Waals surface area contributed by atoms with Crippen molar-refractivity contribution in [3.05, 3.63) is 59.4 Å². The number of hydrogen-bond donors (Lipinski definition) is 1. The predicted octanol–water partition coefficient (Wildman–Crippen LogP) is 3.71. The molecule has 0 amide bonds. The second-order valence-corrected chi connectivity index (χ2v) is 4.38. The minimum atomic E-state index is -0.188. The van der Waals surface area contributed by atoms with Gasteiger partial charge in [-0.2, -0.15) is 0 Å². The molecule has 114 valence electrons. The summed E-state index contributed by atoms with van der Waals surface area (Å²) in [5, 5.41) is 3.21. The van der Waals surface area contributed by atoms with Crippen LogP contribution >= 0.6 is 17.0 Å². The highest BCUT2D eigenvalue weighted by molar-refractivity contribution is 8.93. The molecule has 0 bridgehead atoms. The lowest BCUT2D eigenvalue weighted by Gasteiger charge is -2.10. The third-order valence-electron chi connectivity index (χ3n) is 3.05. The van der Waals surface area contributed by atoms with E-state index in [1.165, 1.54) is 6.07 Å². The fourth-order valence-electron chi connectivity index (χ4n) is 1.97. The quantitative estimate of drug-likeness (QED) is 0.856. The van der Waals surface area contributed by atoms with Gasteiger partial charge in [0.1, 0.15) is 5.82 Å². The molecule has 0 aliphatic heterocycles. The van der Waals surface area contributed by atoms with Crippen LogP contribution in [0, 0.1) is 5.82 Å². The highest BCUT2D eigenvalue weighted by Gasteiger charge is 2.05. The zero-order valence-electron chi connectivity index (χ0n) is 12.1. The third-order valence-corrected chi connectivity index (χ3v) is 3.05. The number of hydrogen-bond acceptors (Lipinski definition) is 3. The van der Waals surface area contributed by atoms with Gasteiger partial charge in [-0.1, -0.05) is 24.3 Å². The molecular formula is C16H19BrFNO2. The van der Waals surface area contributed by atoms with Crippen LogP contribution < -0.4 is 14.8 Å². The van der Waals surface area contributed by atoms with Crippen molar-refractivity contribution in [1.29, 1.82) is 0 Å². The van der Waals surface area contributed by atoms with E-state index < -0.39 is 0 Å². The lowest BCUT2D eigenvalue weighted by Crippen LogP contribution is -2.13. The summed E-state index contributed by atoms with van der Waals surface area (Å²) in [6, 6.07) is 12.5. The summed E-state index contributed by atoms with van der Waals surface area (Å²) < 4.78 is 23.9. The number of nitrogens with one attached hydrogen (secondary N) is 1. The van der Waals surface area contributed by atoms with Crippen LogP contribution in [0.2, 0.25) is 0 Å². The van der Waals surface area contributed by atoms with Crippen molar-refractivity contribution >= 4 is 17.0 Å². The van der Waals surface area contributed by atoms with E-state index in [0.717, 1.165) is 5.56 Å². The van der Waals surface area contributed by atoms with Crippen LogP contribution in [0.5, 0.6) is 11.5 Å². The molecule has 0 fully saturated rings. The van der Waals surface area contributed by atoms with E-state index in [2.05, 4.69) is 5.32 Å². The molecule has 0 heterocycles. The van der Waals surface area contributed by atoms with Gasteiger partial charge >= 0.3 is 0 Å².